The molecular weight excluding hydrogens is 479 g/mol. The largest absolute Gasteiger partial charge is 0.494 e. The molecule has 0 unspecified atom stereocenters. The number of rotatable bonds is 6. The molecule has 0 saturated carbocycles. The van der Waals surface area contributed by atoms with Gasteiger partial charge in [-0.2, -0.15) is 4.98 Å². The summed E-state index contributed by atoms with van der Waals surface area (Å²) < 4.78 is 26.4. The van der Waals surface area contributed by atoms with E-state index in [1.165, 1.54) is 29.8 Å². The Balaban J connectivity index is 1.42. The van der Waals surface area contributed by atoms with Crippen LogP contribution in [0.5, 0.6) is 5.75 Å². The molecule has 0 atom stereocenters. The highest BCUT2D eigenvalue weighted by atomic mass is 35.5. The zero-order valence-electron chi connectivity index (χ0n) is 18.1. The van der Waals surface area contributed by atoms with Crippen LogP contribution in [0.1, 0.15) is 0 Å². The maximum absolute atomic E-state index is 13.9. The molecule has 35 heavy (non-hydrogen) atoms. The normalized spacial score (nSPS) is 11.1. The number of nitrogens with zero attached hydrogens (tertiary/aromatic N) is 5. The molecule has 0 fully saturated rings. The summed E-state index contributed by atoms with van der Waals surface area (Å²) in [6.45, 7) is -0.398. The van der Waals surface area contributed by atoms with Crippen molar-refractivity contribution < 1.29 is 18.4 Å². The smallest absolute Gasteiger partial charge is 0.350 e. The van der Waals surface area contributed by atoms with Crippen LogP contribution in [0.2, 0.25) is 5.02 Å². The van der Waals surface area contributed by atoms with Gasteiger partial charge in [0.15, 0.2) is 17.2 Å². The summed E-state index contributed by atoms with van der Waals surface area (Å²) in [6.07, 6.45) is 1.51. The van der Waals surface area contributed by atoms with Gasteiger partial charge in [-0.15, -0.1) is 5.10 Å². The van der Waals surface area contributed by atoms with E-state index in [0.717, 1.165) is 10.7 Å². The first-order chi connectivity index (χ1) is 16.9. The minimum absolute atomic E-state index is 0.0478. The molecule has 3 heterocycles. The second kappa shape index (κ2) is 9.03. The standard InChI is InChI=1S/C23H16ClFN6O4/c1-34-18-8-7-15(11-17(18)25)26-19(32)12-31-23(33)30-9-3-6-16(21(30)28-31)22-27-20(29-35-22)13-4-2-5-14(24)10-13/h2-11H,12H2,1H3,(H,26,32). The molecule has 1 amide bonds. The minimum atomic E-state index is -0.628. The Morgan fingerprint density at radius 1 is 1.20 bits per heavy atom. The van der Waals surface area contributed by atoms with Gasteiger partial charge in [0.1, 0.15) is 6.54 Å². The molecule has 0 saturated heterocycles. The number of carbonyl (C=O) groups is 1. The molecule has 0 aliphatic carbocycles. The highest BCUT2D eigenvalue weighted by molar-refractivity contribution is 6.30. The topological polar surface area (TPSA) is 117 Å². The number of hydrogen-bond acceptors (Lipinski definition) is 7. The molecule has 12 heteroatoms. The molecule has 10 nitrogen and oxygen atoms in total. The third-order valence-corrected chi connectivity index (χ3v) is 5.31. The van der Waals surface area contributed by atoms with E-state index in [4.69, 9.17) is 20.9 Å². The highest BCUT2D eigenvalue weighted by Crippen LogP contribution is 2.26. The van der Waals surface area contributed by atoms with E-state index in [-0.39, 0.29) is 23.0 Å². The first-order valence-corrected chi connectivity index (χ1v) is 10.6. The van der Waals surface area contributed by atoms with Crippen molar-refractivity contribution in [1.82, 2.24) is 24.3 Å². The number of amides is 1. The molecule has 0 bridgehead atoms. The van der Waals surface area contributed by atoms with Crippen LogP contribution in [0.4, 0.5) is 10.1 Å². The molecule has 176 valence electrons. The molecule has 0 aliphatic rings. The van der Waals surface area contributed by atoms with Gasteiger partial charge in [0.2, 0.25) is 11.7 Å². The number of ether oxygens (including phenoxy) is 1. The van der Waals surface area contributed by atoms with Gasteiger partial charge >= 0.3 is 5.69 Å². The predicted octanol–water partition coefficient (Wildman–Crippen LogP) is 3.65. The van der Waals surface area contributed by atoms with E-state index >= 15 is 0 Å². The fourth-order valence-electron chi connectivity index (χ4n) is 3.47. The van der Waals surface area contributed by atoms with Crippen LogP contribution in [0.25, 0.3) is 28.5 Å². The van der Waals surface area contributed by atoms with E-state index < -0.39 is 24.0 Å². The fourth-order valence-corrected chi connectivity index (χ4v) is 3.66. The molecule has 0 radical (unpaired) electrons. The average molecular weight is 495 g/mol. The van der Waals surface area contributed by atoms with E-state index in [9.17, 15) is 14.0 Å². The van der Waals surface area contributed by atoms with Crippen molar-refractivity contribution in [1.29, 1.82) is 0 Å². The van der Waals surface area contributed by atoms with E-state index in [0.29, 0.717) is 22.0 Å². The van der Waals surface area contributed by atoms with Crippen LogP contribution in [0.15, 0.2) is 70.1 Å². The van der Waals surface area contributed by atoms with Crippen molar-refractivity contribution in [3.63, 3.8) is 0 Å². The van der Waals surface area contributed by atoms with Crippen LogP contribution >= 0.6 is 11.6 Å². The molecule has 0 aliphatic heterocycles. The highest BCUT2D eigenvalue weighted by Gasteiger charge is 2.19. The lowest BCUT2D eigenvalue weighted by Crippen LogP contribution is -2.28. The number of aromatic nitrogens is 5. The van der Waals surface area contributed by atoms with Crippen molar-refractivity contribution >= 4 is 28.8 Å². The van der Waals surface area contributed by atoms with Crippen LogP contribution in [-0.2, 0) is 11.3 Å². The fraction of sp³-hybridized carbons (Fsp3) is 0.0870. The second-order valence-electron chi connectivity index (χ2n) is 7.39. The zero-order chi connectivity index (χ0) is 24.5. The summed E-state index contributed by atoms with van der Waals surface area (Å²) >= 11 is 6.04. The number of methoxy groups -OCH3 is 1. The Morgan fingerprint density at radius 2 is 2.06 bits per heavy atom. The lowest BCUT2D eigenvalue weighted by atomic mass is 10.2. The van der Waals surface area contributed by atoms with E-state index in [1.807, 2.05) is 0 Å². The molecule has 2 aromatic carbocycles. The maximum atomic E-state index is 13.9. The minimum Gasteiger partial charge on any atom is -0.494 e. The first-order valence-electron chi connectivity index (χ1n) is 10.2. The SMILES string of the molecule is COc1ccc(NC(=O)Cn2nc3c(-c4nc(-c5cccc(Cl)c5)no4)cccn3c2=O)cc1F. The monoisotopic (exact) mass is 494 g/mol. The number of halogens is 2. The van der Waals surface area contributed by atoms with Crippen molar-refractivity contribution in [3.8, 4) is 28.6 Å². The van der Waals surface area contributed by atoms with Gasteiger partial charge in [-0.25, -0.2) is 18.3 Å². The maximum Gasteiger partial charge on any atom is 0.350 e. The quantitative estimate of drug-likeness (QED) is 0.383. The van der Waals surface area contributed by atoms with Gasteiger partial charge in [-0.05, 0) is 36.4 Å². The number of benzene rings is 2. The zero-order valence-corrected chi connectivity index (χ0v) is 18.9. The Hall–Kier alpha value is -4.51. The number of fused-ring (bicyclic) bond motifs is 1. The third-order valence-electron chi connectivity index (χ3n) is 5.08. The van der Waals surface area contributed by atoms with Crippen LogP contribution in [-0.4, -0.2) is 37.3 Å². The summed E-state index contributed by atoms with van der Waals surface area (Å²) in [5.41, 5.74) is 0.954. The average Bonchev–Trinajstić information content (AvgIpc) is 3.45. The number of hydrogen-bond donors (Lipinski definition) is 1. The molecule has 5 rings (SSSR count). The molecule has 5 aromatic rings. The molecule has 3 aromatic heterocycles. The van der Waals surface area contributed by atoms with Gasteiger partial charge < -0.3 is 14.6 Å². The summed E-state index contributed by atoms with van der Waals surface area (Å²) in [5.74, 6) is -0.691. The van der Waals surface area contributed by atoms with Crippen LogP contribution in [0.3, 0.4) is 0 Å². The number of carbonyl (C=O) groups excluding carboxylic acids is 1. The summed E-state index contributed by atoms with van der Waals surface area (Å²) in [6, 6.07) is 14.3. The van der Waals surface area contributed by atoms with Gasteiger partial charge in [-0.3, -0.25) is 4.79 Å². The number of pyridine rings is 1. The predicted molar refractivity (Wildman–Crippen MR) is 125 cm³/mol. The summed E-state index contributed by atoms with van der Waals surface area (Å²) in [4.78, 5) is 29.7. The van der Waals surface area contributed by atoms with Crippen molar-refractivity contribution in [3.05, 3.63) is 82.1 Å². The second-order valence-corrected chi connectivity index (χ2v) is 7.82. The van der Waals surface area contributed by atoms with E-state index in [1.54, 1.807) is 36.4 Å². The van der Waals surface area contributed by atoms with Crippen molar-refractivity contribution in [2.45, 2.75) is 6.54 Å². The third kappa shape index (κ3) is 4.36. The van der Waals surface area contributed by atoms with E-state index in [2.05, 4.69) is 20.6 Å². The Morgan fingerprint density at radius 3 is 2.83 bits per heavy atom. The Bertz CT molecular complexity index is 1630. The van der Waals surface area contributed by atoms with Gasteiger partial charge in [0.05, 0.1) is 12.7 Å². The van der Waals surface area contributed by atoms with Gasteiger partial charge in [0, 0.05) is 28.5 Å². The molecular formula is C23H16ClFN6O4. The van der Waals surface area contributed by atoms with Gasteiger partial charge in [0.25, 0.3) is 5.89 Å². The number of anilines is 1. The van der Waals surface area contributed by atoms with Crippen LogP contribution < -0.4 is 15.7 Å². The first kappa shape index (κ1) is 22.3. The molecule has 1 N–H and O–H groups in total. The Kier molecular flexibility index (Phi) is 5.75. The van der Waals surface area contributed by atoms with Crippen molar-refractivity contribution in [2.24, 2.45) is 0 Å². The summed E-state index contributed by atoms with van der Waals surface area (Å²) in [5, 5.41) is 11.3. The number of nitrogens with one attached hydrogen (secondary N) is 1. The Labute approximate surface area is 201 Å². The molecule has 0 spiro atoms. The lowest BCUT2D eigenvalue weighted by molar-refractivity contribution is -0.117. The summed E-state index contributed by atoms with van der Waals surface area (Å²) in [7, 11) is 1.34. The lowest BCUT2D eigenvalue weighted by Gasteiger charge is -2.07. The van der Waals surface area contributed by atoms with Crippen molar-refractivity contribution in [2.75, 3.05) is 12.4 Å². The van der Waals surface area contributed by atoms with Gasteiger partial charge in [-0.1, -0.05) is 28.9 Å². The van der Waals surface area contributed by atoms with Crippen LogP contribution in [0, 0.1) is 5.82 Å².